The average Bonchev–Trinajstić information content (AvgIpc) is 3.73. The van der Waals surface area contributed by atoms with Crippen molar-refractivity contribution in [2.24, 2.45) is 0 Å². The van der Waals surface area contributed by atoms with Crippen LogP contribution in [0.3, 0.4) is 0 Å². The summed E-state index contributed by atoms with van der Waals surface area (Å²) in [4.78, 5) is 15.5. The number of hydrogen-bond acceptors (Lipinski definition) is 6. The lowest BCUT2D eigenvalue weighted by molar-refractivity contribution is -0.122. The molecule has 0 radical (unpaired) electrons. The van der Waals surface area contributed by atoms with Gasteiger partial charge in [-0.1, -0.05) is 66.4 Å². The number of carbonyl (C=O) groups is 1. The van der Waals surface area contributed by atoms with E-state index in [-0.39, 0.29) is 23.2 Å². The number of carbonyl (C=O) groups excluding carboxylic acids is 1. The van der Waals surface area contributed by atoms with E-state index >= 15 is 0 Å². The van der Waals surface area contributed by atoms with Gasteiger partial charge >= 0.3 is 0 Å². The van der Waals surface area contributed by atoms with E-state index in [1.54, 1.807) is 41.1 Å². The second-order valence-corrected chi connectivity index (χ2v) is 13.4. The molecule has 1 aromatic heterocycles. The standard InChI is InChI=1S/C30H25FN4O3S3/c31-24-13-11-21(12-14-24)19-34-29(36)27(40-30(34)39)18-23-20-35(25-8-2-1-3-9-25)32-28(23)22-7-6-10-26(17-22)41(37,38)33-15-4-5-16-33/h1-3,6-14,17-18,20H,4-5,15-16,19H2/b27-18-. The van der Waals surface area contributed by atoms with Crippen molar-refractivity contribution in [3.8, 4) is 16.9 Å². The second kappa shape index (κ2) is 11.3. The Morgan fingerprint density at radius 3 is 2.44 bits per heavy atom. The molecule has 0 unspecified atom stereocenters. The summed E-state index contributed by atoms with van der Waals surface area (Å²) in [6.07, 6.45) is 5.26. The molecule has 11 heteroatoms. The number of amides is 1. The number of halogens is 1. The number of rotatable bonds is 7. The van der Waals surface area contributed by atoms with E-state index in [0.717, 1.165) is 24.1 Å². The Kier molecular flexibility index (Phi) is 7.60. The Morgan fingerprint density at radius 2 is 1.71 bits per heavy atom. The summed E-state index contributed by atoms with van der Waals surface area (Å²) in [7, 11) is -3.63. The van der Waals surface area contributed by atoms with Crippen LogP contribution in [0.5, 0.6) is 0 Å². The van der Waals surface area contributed by atoms with E-state index < -0.39 is 10.0 Å². The Balaban J connectivity index is 1.38. The Labute approximate surface area is 247 Å². The number of para-hydroxylation sites is 1. The first-order valence-electron chi connectivity index (χ1n) is 13.0. The zero-order valence-electron chi connectivity index (χ0n) is 21.8. The third kappa shape index (κ3) is 5.62. The summed E-state index contributed by atoms with van der Waals surface area (Å²) in [5, 5.41) is 4.81. The molecule has 2 saturated heterocycles. The van der Waals surface area contributed by atoms with Crippen LogP contribution < -0.4 is 0 Å². The van der Waals surface area contributed by atoms with Crippen molar-refractivity contribution in [2.75, 3.05) is 13.1 Å². The van der Waals surface area contributed by atoms with Gasteiger partial charge in [0, 0.05) is 30.4 Å². The maximum absolute atomic E-state index is 13.4. The van der Waals surface area contributed by atoms with Crippen LogP contribution in [0.25, 0.3) is 23.0 Å². The molecule has 0 saturated carbocycles. The Morgan fingerprint density at radius 1 is 0.976 bits per heavy atom. The third-order valence-corrected chi connectivity index (χ3v) is 10.3. The van der Waals surface area contributed by atoms with E-state index in [4.69, 9.17) is 17.3 Å². The minimum Gasteiger partial charge on any atom is -0.288 e. The van der Waals surface area contributed by atoms with Crippen molar-refractivity contribution in [3.05, 3.63) is 107 Å². The zero-order valence-corrected chi connectivity index (χ0v) is 24.3. The van der Waals surface area contributed by atoms with Crippen molar-refractivity contribution < 1.29 is 17.6 Å². The molecule has 3 heterocycles. The third-order valence-electron chi connectivity index (χ3n) is 6.99. The van der Waals surface area contributed by atoms with Crippen LogP contribution in [0, 0.1) is 5.82 Å². The molecule has 1 amide bonds. The number of hydrogen-bond donors (Lipinski definition) is 0. The van der Waals surface area contributed by atoms with E-state index in [1.807, 2.05) is 42.6 Å². The molecule has 2 aliphatic heterocycles. The molecule has 41 heavy (non-hydrogen) atoms. The first kappa shape index (κ1) is 27.5. The normalized spacial score (nSPS) is 17.2. The molecule has 0 N–H and O–H groups in total. The van der Waals surface area contributed by atoms with Crippen molar-refractivity contribution in [3.63, 3.8) is 0 Å². The molecule has 4 aromatic rings. The van der Waals surface area contributed by atoms with E-state index in [9.17, 15) is 17.6 Å². The number of thioether (sulfide) groups is 1. The molecular formula is C30H25FN4O3S3. The van der Waals surface area contributed by atoms with Gasteiger partial charge in [0.1, 0.15) is 15.8 Å². The Bertz CT molecular complexity index is 1760. The van der Waals surface area contributed by atoms with Crippen molar-refractivity contribution >= 4 is 50.3 Å². The molecule has 0 atom stereocenters. The highest BCUT2D eigenvalue weighted by atomic mass is 32.2. The molecule has 0 spiro atoms. The lowest BCUT2D eigenvalue weighted by Gasteiger charge is -2.16. The van der Waals surface area contributed by atoms with Gasteiger partial charge in [0.25, 0.3) is 5.91 Å². The van der Waals surface area contributed by atoms with E-state index in [2.05, 4.69) is 0 Å². The van der Waals surface area contributed by atoms with Crippen molar-refractivity contribution in [2.45, 2.75) is 24.3 Å². The zero-order chi connectivity index (χ0) is 28.6. The van der Waals surface area contributed by atoms with Crippen LogP contribution in [-0.4, -0.2) is 50.7 Å². The first-order valence-corrected chi connectivity index (χ1v) is 15.7. The summed E-state index contributed by atoms with van der Waals surface area (Å²) in [5.74, 6) is -0.604. The van der Waals surface area contributed by atoms with Gasteiger partial charge in [-0.25, -0.2) is 17.5 Å². The minimum atomic E-state index is -3.63. The number of aromatic nitrogens is 2. The fourth-order valence-corrected chi connectivity index (χ4v) is 7.67. The van der Waals surface area contributed by atoms with E-state index in [1.165, 1.54) is 33.1 Å². The SMILES string of the molecule is O=C1/C(=C/c2cn(-c3ccccc3)nc2-c2cccc(S(=O)(=O)N3CCCC3)c2)SC(=S)N1Cc1ccc(F)cc1. The van der Waals surface area contributed by atoms with Gasteiger partial charge in [0.2, 0.25) is 10.0 Å². The highest BCUT2D eigenvalue weighted by Crippen LogP contribution is 2.36. The molecule has 0 aliphatic carbocycles. The maximum atomic E-state index is 13.4. The molecule has 208 valence electrons. The Hall–Kier alpha value is -3.64. The molecule has 2 aliphatic rings. The molecule has 3 aromatic carbocycles. The first-order chi connectivity index (χ1) is 19.8. The molecule has 7 nitrogen and oxygen atoms in total. The van der Waals surface area contributed by atoms with Crippen LogP contribution in [0.15, 0.2) is 94.9 Å². The minimum absolute atomic E-state index is 0.211. The van der Waals surface area contributed by atoms with Crippen LogP contribution in [0.1, 0.15) is 24.0 Å². The summed E-state index contributed by atoms with van der Waals surface area (Å²) < 4.78 is 43.6. The number of sulfonamides is 1. The van der Waals surface area contributed by atoms with Crippen LogP contribution >= 0.6 is 24.0 Å². The fourth-order valence-electron chi connectivity index (χ4n) is 4.86. The second-order valence-electron chi connectivity index (χ2n) is 9.75. The predicted molar refractivity (Wildman–Crippen MR) is 162 cm³/mol. The molecule has 6 rings (SSSR count). The summed E-state index contributed by atoms with van der Waals surface area (Å²) in [6, 6.07) is 22.3. The van der Waals surface area contributed by atoms with Crippen molar-refractivity contribution in [1.82, 2.24) is 19.0 Å². The van der Waals surface area contributed by atoms with Crippen LogP contribution in [0.4, 0.5) is 4.39 Å². The molecule has 0 bridgehead atoms. The highest BCUT2D eigenvalue weighted by Gasteiger charge is 2.33. The number of nitrogens with zero attached hydrogens (tertiary/aromatic N) is 4. The van der Waals surface area contributed by atoms with Gasteiger partial charge in [-0.3, -0.25) is 9.69 Å². The van der Waals surface area contributed by atoms with Gasteiger partial charge in [-0.15, -0.1) is 0 Å². The molecule has 2 fully saturated rings. The quantitative estimate of drug-likeness (QED) is 0.194. The summed E-state index contributed by atoms with van der Waals surface area (Å²) >= 11 is 6.70. The van der Waals surface area contributed by atoms with Gasteiger partial charge in [0.15, 0.2) is 0 Å². The summed E-state index contributed by atoms with van der Waals surface area (Å²) in [6.45, 7) is 1.26. The average molecular weight is 605 g/mol. The van der Waals surface area contributed by atoms with Gasteiger partial charge in [0.05, 0.1) is 22.0 Å². The number of thiocarbonyl (C=S) groups is 1. The number of benzene rings is 3. The monoisotopic (exact) mass is 604 g/mol. The topological polar surface area (TPSA) is 75.5 Å². The highest BCUT2D eigenvalue weighted by molar-refractivity contribution is 8.26. The van der Waals surface area contributed by atoms with Gasteiger partial charge in [-0.05, 0) is 60.9 Å². The van der Waals surface area contributed by atoms with Gasteiger partial charge < -0.3 is 0 Å². The van der Waals surface area contributed by atoms with Crippen LogP contribution in [0.2, 0.25) is 0 Å². The lowest BCUT2D eigenvalue weighted by atomic mass is 10.1. The van der Waals surface area contributed by atoms with Crippen LogP contribution in [-0.2, 0) is 21.4 Å². The van der Waals surface area contributed by atoms with Crippen molar-refractivity contribution in [1.29, 1.82) is 0 Å². The largest absolute Gasteiger partial charge is 0.288 e. The van der Waals surface area contributed by atoms with Gasteiger partial charge in [-0.2, -0.15) is 9.40 Å². The maximum Gasteiger partial charge on any atom is 0.266 e. The predicted octanol–water partition coefficient (Wildman–Crippen LogP) is 5.86. The molecular weight excluding hydrogens is 580 g/mol. The fraction of sp³-hybridized carbons (Fsp3) is 0.167. The van der Waals surface area contributed by atoms with E-state index in [0.29, 0.717) is 39.1 Å². The smallest absolute Gasteiger partial charge is 0.266 e. The lowest BCUT2D eigenvalue weighted by Crippen LogP contribution is -2.27. The summed E-state index contributed by atoms with van der Waals surface area (Å²) in [5.41, 5.74) is 3.38.